The molecule has 0 saturated carbocycles. The van der Waals surface area contributed by atoms with Crippen LogP contribution in [0.3, 0.4) is 0 Å². The Kier molecular flexibility index (Phi) is 7.85. The van der Waals surface area contributed by atoms with Gasteiger partial charge in [-0.05, 0) is 54.9 Å². The summed E-state index contributed by atoms with van der Waals surface area (Å²) in [5.74, 6) is 0.866. The SMILES string of the molecule is CCOc1cc(C2C3CC(C)CC=C3C(C#N)=C(N)C2(C#N)C#N)ccc1OCCN1CCOCC1. The molecule has 2 aliphatic carbocycles. The molecule has 188 valence electrons. The molecule has 3 aliphatic rings. The highest BCUT2D eigenvalue weighted by atomic mass is 16.5. The normalized spacial score (nSPS) is 25.5. The van der Waals surface area contributed by atoms with Gasteiger partial charge in [0.25, 0.3) is 0 Å². The van der Waals surface area contributed by atoms with E-state index in [4.69, 9.17) is 19.9 Å². The number of nitriles is 3. The lowest BCUT2D eigenvalue weighted by molar-refractivity contribution is 0.0321. The van der Waals surface area contributed by atoms with Gasteiger partial charge in [-0.1, -0.05) is 19.1 Å². The van der Waals surface area contributed by atoms with Gasteiger partial charge in [0, 0.05) is 25.6 Å². The molecular weight excluding hydrogens is 454 g/mol. The quantitative estimate of drug-likeness (QED) is 0.617. The van der Waals surface area contributed by atoms with E-state index in [2.05, 4.69) is 36.1 Å². The highest BCUT2D eigenvalue weighted by molar-refractivity contribution is 5.60. The van der Waals surface area contributed by atoms with E-state index in [1.807, 2.05) is 25.1 Å². The van der Waals surface area contributed by atoms with Crippen LogP contribution in [0.5, 0.6) is 11.5 Å². The number of rotatable bonds is 7. The first kappa shape index (κ1) is 25.6. The number of fused-ring (bicyclic) bond motifs is 1. The highest BCUT2D eigenvalue weighted by Gasteiger charge is 2.54. The van der Waals surface area contributed by atoms with Crippen LogP contribution in [0.2, 0.25) is 0 Å². The van der Waals surface area contributed by atoms with E-state index in [-0.39, 0.29) is 17.2 Å². The van der Waals surface area contributed by atoms with Crippen molar-refractivity contribution in [3.63, 3.8) is 0 Å². The lowest BCUT2D eigenvalue weighted by Gasteiger charge is -2.44. The molecule has 1 saturated heterocycles. The first-order valence-corrected chi connectivity index (χ1v) is 12.6. The fraction of sp³-hybridized carbons (Fsp3) is 0.536. The summed E-state index contributed by atoms with van der Waals surface area (Å²) >= 11 is 0. The van der Waals surface area contributed by atoms with Crippen LogP contribution in [-0.2, 0) is 4.74 Å². The van der Waals surface area contributed by atoms with Crippen LogP contribution in [-0.4, -0.2) is 51.0 Å². The third-order valence-corrected chi connectivity index (χ3v) is 7.51. The molecular formula is C28H33N5O3. The summed E-state index contributed by atoms with van der Waals surface area (Å²) in [6.07, 6.45) is 3.66. The summed E-state index contributed by atoms with van der Waals surface area (Å²) in [4.78, 5) is 2.30. The molecule has 1 aromatic rings. The monoisotopic (exact) mass is 487 g/mol. The minimum atomic E-state index is -1.65. The van der Waals surface area contributed by atoms with Crippen LogP contribution in [0.1, 0.15) is 38.2 Å². The summed E-state index contributed by atoms with van der Waals surface area (Å²) < 4.78 is 17.4. The summed E-state index contributed by atoms with van der Waals surface area (Å²) in [7, 11) is 0. The Hall–Kier alpha value is -3.51. The molecule has 0 aromatic heterocycles. The molecule has 36 heavy (non-hydrogen) atoms. The topological polar surface area (TPSA) is 128 Å². The number of benzene rings is 1. The van der Waals surface area contributed by atoms with Gasteiger partial charge in [-0.15, -0.1) is 0 Å². The van der Waals surface area contributed by atoms with Gasteiger partial charge in [-0.25, -0.2) is 0 Å². The minimum absolute atomic E-state index is 0.0425. The zero-order chi connectivity index (χ0) is 25.7. The van der Waals surface area contributed by atoms with Gasteiger partial charge in [0.05, 0.1) is 43.2 Å². The second-order valence-corrected chi connectivity index (χ2v) is 9.69. The second-order valence-electron chi connectivity index (χ2n) is 9.69. The maximum atomic E-state index is 10.3. The third-order valence-electron chi connectivity index (χ3n) is 7.51. The predicted octanol–water partition coefficient (Wildman–Crippen LogP) is 3.64. The number of nitrogens with zero attached hydrogens (tertiary/aromatic N) is 4. The summed E-state index contributed by atoms with van der Waals surface area (Å²) in [6, 6.07) is 12.2. The van der Waals surface area contributed by atoms with Crippen LogP contribution < -0.4 is 15.2 Å². The van der Waals surface area contributed by atoms with E-state index < -0.39 is 11.3 Å². The lowest BCUT2D eigenvalue weighted by Crippen LogP contribution is -2.43. The number of nitrogens with two attached hydrogens (primary N) is 1. The molecule has 1 heterocycles. The number of morpholine rings is 1. The van der Waals surface area contributed by atoms with Crippen LogP contribution >= 0.6 is 0 Å². The highest BCUT2D eigenvalue weighted by Crippen LogP contribution is 2.57. The van der Waals surface area contributed by atoms with E-state index in [1.165, 1.54) is 0 Å². The Morgan fingerprint density at radius 3 is 2.56 bits per heavy atom. The van der Waals surface area contributed by atoms with Crippen molar-refractivity contribution >= 4 is 0 Å². The zero-order valence-corrected chi connectivity index (χ0v) is 21.0. The number of hydrogen-bond acceptors (Lipinski definition) is 8. The molecule has 4 rings (SSSR count). The molecule has 1 fully saturated rings. The molecule has 0 bridgehead atoms. The average molecular weight is 488 g/mol. The van der Waals surface area contributed by atoms with Gasteiger partial charge in [0.2, 0.25) is 0 Å². The molecule has 8 nitrogen and oxygen atoms in total. The second kappa shape index (κ2) is 11.0. The molecule has 2 N–H and O–H groups in total. The van der Waals surface area contributed by atoms with Gasteiger partial charge in [-0.2, -0.15) is 15.8 Å². The molecule has 0 radical (unpaired) electrons. The largest absolute Gasteiger partial charge is 0.490 e. The first-order valence-electron chi connectivity index (χ1n) is 12.6. The molecule has 1 aromatic carbocycles. The van der Waals surface area contributed by atoms with Gasteiger partial charge < -0.3 is 19.9 Å². The van der Waals surface area contributed by atoms with Crippen molar-refractivity contribution in [3.05, 3.63) is 46.7 Å². The Labute approximate surface area is 213 Å². The van der Waals surface area contributed by atoms with Crippen LogP contribution in [0, 0.1) is 51.2 Å². The Morgan fingerprint density at radius 1 is 1.14 bits per heavy atom. The minimum Gasteiger partial charge on any atom is -0.490 e. The van der Waals surface area contributed by atoms with Crippen LogP contribution in [0.15, 0.2) is 41.1 Å². The Balaban J connectivity index is 1.70. The third kappa shape index (κ3) is 4.65. The van der Waals surface area contributed by atoms with Crippen molar-refractivity contribution in [1.82, 2.24) is 4.90 Å². The maximum Gasteiger partial charge on any atom is 0.191 e. The molecule has 1 aliphatic heterocycles. The Morgan fingerprint density at radius 2 is 1.89 bits per heavy atom. The fourth-order valence-electron chi connectivity index (χ4n) is 5.67. The van der Waals surface area contributed by atoms with Crippen molar-refractivity contribution < 1.29 is 14.2 Å². The molecule has 3 unspecified atom stereocenters. The summed E-state index contributed by atoms with van der Waals surface area (Å²) in [5.41, 5.74) is 6.73. The van der Waals surface area contributed by atoms with Crippen molar-refractivity contribution in [2.45, 2.75) is 32.6 Å². The van der Waals surface area contributed by atoms with E-state index in [0.717, 1.165) is 56.8 Å². The number of hydrogen-bond donors (Lipinski definition) is 1. The maximum absolute atomic E-state index is 10.3. The van der Waals surface area contributed by atoms with E-state index in [1.54, 1.807) is 0 Å². The number of ether oxygens (including phenoxy) is 3. The zero-order valence-electron chi connectivity index (χ0n) is 21.0. The van der Waals surface area contributed by atoms with Gasteiger partial charge in [0.1, 0.15) is 12.7 Å². The van der Waals surface area contributed by atoms with Crippen molar-refractivity contribution in [3.8, 4) is 29.7 Å². The number of allylic oxidation sites excluding steroid dienone is 4. The fourth-order valence-corrected chi connectivity index (χ4v) is 5.67. The molecule has 3 atom stereocenters. The van der Waals surface area contributed by atoms with Crippen molar-refractivity contribution in [2.75, 3.05) is 46.1 Å². The van der Waals surface area contributed by atoms with Gasteiger partial charge in [-0.3, -0.25) is 4.90 Å². The van der Waals surface area contributed by atoms with E-state index >= 15 is 0 Å². The van der Waals surface area contributed by atoms with E-state index in [0.29, 0.717) is 30.6 Å². The average Bonchev–Trinajstić information content (AvgIpc) is 2.90. The van der Waals surface area contributed by atoms with Crippen molar-refractivity contribution in [2.24, 2.45) is 23.0 Å². The summed E-state index contributed by atoms with van der Waals surface area (Å²) in [5, 5.41) is 30.5. The van der Waals surface area contributed by atoms with Crippen molar-refractivity contribution in [1.29, 1.82) is 15.8 Å². The van der Waals surface area contributed by atoms with Gasteiger partial charge >= 0.3 is 0 Å². The Bertz CT molecular complexity index is 1150. The van der Waals surface area contributed by atoms with Crippen LogP contribution in [0.4, 0.5) is 0 Å². The van der Waals surface area contributed by atoms with E-state index in [9.17, 15) is 15.8 Å². The lowest BCUT2D eigenvalue weighted by atomic mass is 9.56. The van der Waals surface area contributed by atoms with Crippen LogP contribution in [0.25, 0.3) is 0 Å². The smallest absolute Gasteiger partial charge is 0.191 e. The first-order chi connectivity index (χ1) is 17.5. The molecule has 0 spiro atoms. The summed E-state index contributed by atoms with van der Waals surface area (Å²) in [6.45, 7) is 9.06. The molecule has 0 amide bonds. The molecule has 8 heteroatoms. The van der Waals surface area contributed by atoms with Gasteiger partial charge in [0.15, 0.2) is 16.9 Å². The standard InChI is InChI=1S/C28H33N5O3/c1-3-35-25-15-20(5-7-24(25)36-13-10-33-8-11-34-12-9-33)26-22-14-19(2)4-6-21(22)23(16-29)27(32)28(26,17-30)18-31/h5-7,15,19,22,26H,3-4,8-14,32H2,1-2H3. The predicted molar refractivity (Wildman–Crippen MR) is 134 cm³/mol.